The lowest BCUT2D eigenvalue weighted by Gasteiger charge is -2.30. The number of benzene rings is 1. The number of piperidine rings is 1. The summed E-state index contributed by atoms with van der Waals surface area (Å²) in [5.74, 6) is -0.119. The summed E-state index contributed by atoms with van der Waals surface area (Å²) in [6, 6.07) is 9.01. The molecule has 0 bridgehead atoms. The molecular formula is C15H17N3O2. The molecule has 5 nitrogen and oxygen atoms in total. The minimum atomic E-state index is -0.0997. The third-order valence-corrected chi connectivity index (χ3v) is 3.62. The number of hydrogen-bond acceptors (Lipinski definition) is 3. The number of likely N-dealkylation sites (tertiary alicyclic amines) is 1. The number of nitrogens with one attached hydrogen (secondary N) is 1. The van der Waals surface area contributed by atoms with Crippen LogP contribution in [0.15, 0.2) is 24.3 Å². The maximum atomic E-state index is 12.2. The number of carbonyl (C=O) groups is 2. The van der Waals surface area contributed by atoms with Crippen LogP contribution >= 0.6 is 0 Å². The van der Waals surface area contributed by atoms with E-state index in [1.165, 1.54) is 0 Å². The van der Waals surface area contributed by atoms with Crippen LogP contribution in [0.4, 0.5) is 5.69 Å². The van der Waals surface area contributed by atoms with Gasteiger partial charge in [-0.1, -0.05) is 12.1 Å². The Morgan fingerprint density at radius 1 is 1.30 bits per heavy atom. The average Bonchev–Trinajstić information content (AvgIpc) is 2.48. The molecule has 1 heterocycles. The summed E-state index contributed by atoms with van der Waals surface area (Å²) in [6.45, 7) is 2.78. The molecule has 104 valence electrons. The molecular weight excluding hydrogens is 254 g/mol. The van der Waals surface area contributed by atoms with E-state index in [0.29, 0.717) is 37.2 Å². The Morgan fingerprint density at radius 3 is 2.55 bits per heavy atom. The van der Waals surface area contributed by atoms with Crippen LogP contribution in [0.5, 0.6) is 0 Å². The second kappa shape index (κ2) is 6.20. The largest absolute Gasteiger partial charge is 0.343 e. The first-order valence-electron chi connectivity index (χ1n) is 6.67. The van der Waals surface area contributed by atoms with Gasteiger partial charge in [-0.25, -0.2) is 0 Å². The Bertz CT molecular complexity index is 554. The van der Waals surface area contributed by atoms with Crippen LogP contribution < -0.4 is 5.32 Å². The summed E-state index contributed by atoms with van der Waals surface area (Å²) in [5.41, 5.74) is 1.01. The molecule has 1 aromatic rings. The van der Waals surface area contributed by atoms with Crippen LogP contribution in [-0.2, 0) is 9.59 Å². The zero-order chi connectivity index (χ0) is 14.5. The van der Waals surface area contributed by atoms with Gasteiger partial charge in [-0.3, -0.25) is 9.59 Å². The van der Waals surface area contributed by atoms with Crippen LogP contribution in [0.2, 0.25) is 0 Å². The molecule has 1 aliphatic heterocycles. The van der Waals surface area contributed by atoms with E-state index in [1.54, 1.807) is 36.1 Å². The van der Waals surface area contributed by atoms with Gasteiger partial charge in [0.25, 0.3) is 0 Å². The zero-order valence-corrected chi connectivity index (χ0v) is 11.4. The lowest BCUT2D eigenvalue weighted by Crippen LogP contribution is -2.40. The van der Waals surface area contributed by atoms with Crippen molar-refractivity contribution in [2.75, 3.05) is 18.4 Å². The van der Waals surface area contributed by atoms with Crippen molar-refractivity contribution in [3.05, 3.63) is 29.8 Å². The Labute approximate surface area is 118 Å². The Hall–Kier alpha value is -2.35. The minimum Gasteiger partial charge on any atom is -0.343 e. The topological polar surface area (TPSA) is 73.2 Å². The van der Waals surface area contributed by atoms with Crippen LogP contribution in [0.1, 0.15) is 25.3 Å². The van der Waals surface area contributed by atoms with E-state index in [1.807, 2.05) is 0 Å². The predicted octanol–water partition coefficient (Wildman–Crippen LogP) is 1.76. The summed E-state index contributed by atoms with van der Waals surface area (Å²) in [5, 5.41) is 11.8. The first kappa shape index (κ1) is 14.1. The Morgan fingerprint density at radius 2 is 1.95 bits per heavy atom. The van der Waals surface area contributed by atoms with E-state index in [-0.39, 0.29) is 17.7 Å². The quantitative estimate of drug-likeness (QED) is 0.890. The molecule has 0 saturated carbocycles. The minimum absolute atomic E-state index is 0.0543. The van der Waals surface area contributed by atoms with Crippen LogP contribution in [0.25, 0.3) is 0 Å². The molecule has 1 aliphatic rings. The average molecular weight is 271 g/mol. The monoisotopic (exact) mass is 271 g/mol. The normalized spacial score (nSPS) is 15.5. The molecule has 2 amide bonds. The number of anilines is 1. The number of nitriles is 1. The molecule has 0 aliphatic carbocycles. The van der Waals surface area contributed by atoms with Gasteiger partial charge < -0.3 is 10.2 Å². The van der Waals surface area contributed by atoms with Gasteiger partial charge in [0, 0.05) is 25.9 Å². The van der Waals surface area contributed by atoms with E-state index >= 15 is 0 Å². The van der Waals surface area contributed by atoms with Gasteiger partial charge in [0.05, 0.1) is 11.3 Å². The van der Waals surface area contributed by atoms with Crippen molar-refractivity contribution in [2.45, 2.75) is 19.8 Å². The highest BCUT2D eigenvalue weighted by Gasteiger charge is 2.26. The number of rotatable bonds is 2. The molecule has 1 N–H and O–H groups in total. The molecule has 1 saturated heterocycles. The molecule has 0 radical (unpaired) electrons. The summed E-state index contributed by atoms with van der Waals surface area (Å²) in [4.78, 5) is 25.2. The molecule has 0 spiro atoms. The number of hydrogen-bond donors (Lipinski definition) is 1. The third kappa shape index (κ3) is 3.15. The van der Waals surface area contributed by atoms with Crippen molar-refractivity contribution in [1.29, 1.82) is 5.26 Å². The lowest BCUT2D eigenvalue weighted by molar-refractivity contribution is -0.132. The number of para-hydroxylation sites is 1. The zero-order valence-electron chi connectivity index (χ0n) is 11.4. The van der Waals surface area contributed by atoms with E-state index < -0.39 is 0 Å². The van der Waals surface area contributed by atoms with Crippen LogP contribution in [-0.4, -0.2) is 29.8 Å². The van der Waals surface area contributed by atoms with Gasteiger partial charge >= 0.3 is 0 Å². The maximum absolute atomic E-state index is 12.2. The summed E-state index contributed by atoms with van der Waals surface area (Å²) in [6.07, 6.45) is 1.33. The number of carbonyl (C=O) groups excluding carboxylic acids is 2. The highest BCUT2D eigenvalue weighted by molar-refractivity contribution is 5.94. The van der Waals surface area contributed by atoms with Crippen molar-refractivity contribution < 1.29 is 9.59 Å². The van der Waals surface area contributed by atoms with Crippen LogP contribution in [0, 0.1) is 17.2 Å². The van der Waals surface area contributed by atoms with Gasteiger partial charge in [0.2, 0.25) is 11.8 Å². The molecule has 5 heteroatoms. The molecule has 0 unspecified atom stereocenters. The van der Waals surface area contributed by atoms with Gasteiger partial charge in [0.15, 0.2) is 0 Å². The smallest absolute Gasteiger partial charge is 0.227 e. The van der Waals surface area contributed by atoms with Gasteiger partial charge in [-0.2, -0.15) is 5.26 Å². The predicted molar refractivity (Wildman–Crippen MR) is 74.8 cm³/mol. The van der Waals surface area contributed by atoms with E-state index in [0.717, 1.165) is 0 Å². The number of nitrogens with zero attached hydrogens (tertiary/aromatic N) is 2. The fourth-order valence-electron chi connectivity index (χ4n) is 2.38. The molecule has 1 aromatic carbocycles. The van der Waals surface area contributed by atoms with Gasteiger partial charge in [0.1, 0.15) is 6.07 Å². The lowest BCUT2D eigenvalue weighted by atomic mass is 9.95. The van der Waals surface area contributed by atoms with E-state index in [4.69, 9.17) is 5.26 Å². The third-order valence-electron chi connectivity index (χ3n) is 3.62. The standard InChI is InChI=1S/C15H17N3O2/c1-11(19)18-8-6-12(7-9-18)15(20)17-14-5-3-2-4-13(14)10-16/h2-5,12H,6-9H2,1H3,(H,17,20). The highest BCUT2D eigenvalue weighted by Crippen LogP contribution is 2.21. The van der Waals surface area contributed by atoms with Crippen molar-refractivity contribution in [3.8, 4) is 6.07 Å². The number of amides is 2. The van der Waals surface area contributed by atoms with Gasteiger partial charge in [-0.15, -0.1) is 0 Å². The molecule has 20 heavy (non-hydrogen) atoms. The van der Waals surface area contributed by atoms with Crippen LogP contribution in [0.3, 0.4) is 0 Å². The molecule has 0 aromatic heterocycles. The fourth-order valence-corrected chi connectivity index (χ4v) is 2.38. The van der Waals surface area contributed by atoms with Crippen molar-refractivity contribution in [1.82, 2.24) is 4.90 Å². The SMILES string of the molecule is CC(=O)N1CCC(C(=O)Nc2ccccc2C#N)CC1. The second-order valence-electron chi connectivity index (χ2n) is 4.93. The Balaban J connectivity index is 1.97. The van der Waals surface area contributed by atoms with E-state index in [9.17, 15) is 9.59 Å². The first-order valence-corrected chi connectivity index (χ1v) is 6.67. The molecule has 0 atom stereocenters. The Kier molecular flexibility index (Phi) is 4.36. The van der Waals surface area contributed by atoms with Crippen molar-refractivity contribution in [2.24, 2.45) is 5.92 Å². The molecule has 1 fully saturated rings. The molecule has 2 rings (SSSR count). The fraction of sp³-hybridized carbons (Fsp3) is 0.400. The summed E-state index contributed by atoms with van der Waals surface area (Å²) >= 11 is 0. The highest BCUT2D eigenvalue weighted by atomic mass is 16.2. The van der Waals surface area contributed by atoms with Crippen molar-refractivity contribution >= 4 is 17.5 Å². The summed E-state index contributed by atoms with van der Waals surface area (Å²) in [7, 11) is 0. The second-order valence-corrected chi connectivity index (χ2v) is 4.93. The first-order chi connectivity index (χ1) is 9.61. The van der Waals surface area contributed by atoms with Gasteiger partial charge in [-0.05, 0) is 25.0 Å². The van der Waals surface area contributed by atoms with Crippen molar-refractivity contribution in [3.63, 3.8) is 0 Å². The van der Waals surface area contributed by atoms with E-state index in [2.05, 4.69) is 11.4 Å². The summed E-state index contributed by atoms with van der Waals surface area (Å²) < 4.78 is 0. The maximum Gasteiger partial charge on any atom is 0.227 e.